The van der Waals surface area contributed by atoms with Crippen LogP contribution in [0.4, 0.5) is 0 Å². The van der Waals surface area contributed by atoms with Crippen molar-refractivity contribution in [2.24, 2.45) is 0 Å². The second-order valence-corrected chi connectivity index (χ2v) is 5.63. The van der Waals surface area contributed by atoms with E-state index in [4.69, 9.17) is 20.4 Å². The SMILES string of the molecule is O=c1oc2ccccc2n1CCc1nnc(-c2ccccc2Cl)o1. The zero-order chi connectivity index (χ0) is 16.5. The minimum Gasteiger partial charge on any atom is -0.421 e. The summed E-state index contributed by atoms with van der Waals surface area (Å²) in [5.74, 6) is 0.393. The molecule has 24 heavy (non-hydrogen) atoms. The molecule has 4 aromatic rings. The van der Waals surface area contributed by atoms with Crippen molar-refractivity contribution in [3.63, 3.8) is 0 Å². The van der Waals surface area contributed by atoms with Crippen LogP contribution in [0.5, 0.6) is 0 Å². The molecule has 7 heteroatoms. The predicted octanol–water partition coefficient (Wildman–Crippen LogP) is 3.54. The molecule has 6 nitrogen and oxygen atoms in total. The van der Waals surface area contributed by atoms with E-state index in [1.807, 2.05) is 36.4 Å². The Labute approximate surface area is 141 Å². The lowest BCUT2D eigenvalue weighted by atomic mass is 10.2. The van der Waals surface area contributed by atoms with Gasteiger partial charge in [-0.05, 0) is 24.3 Å². The molecular weight excluding hydrogens is 330 g/mol. The summed E-state index contributed by atoms with van der Waals surface area (Å²) in [6.07, 6.45) is 0.418. The van der Waals surface area contributed by atoms with E-state index in [1.165, 1.54) is 0 Å². The number of rotatable bonds is 4. The van der Waals surface area contributed by atoms with Crippen LogP contribution in [0.15, 0.2) is 62.2 Å². The Morgan fingerprint density at radius 3 is 2.67 bits per heavy atom. The van der Waals surface area contributed by atoms with E-state index in [0.717, 1.165) is 5.52 Å². The van der Waals surface area contributed by atoms with E-state index >= 15 is 0 Å². The number of oxazole rings is 1. The maximum absolute atomic E-state index is 11.9. The van der Waals surface area contributed by atoms with Crippen molar-refractivity contribution in [3.8, 4) is 11.5 Å². The van der Waals surface area contributed by atoms with E-state index < -0.39 is 5.76 Å². The normalized spacial score (nSPS) is 11.2. The molecule has 0 bridgehead atoms. The highest BCUT2D eigenvalue weighted by Crippen LogP contribution is 2.26. The number of para-hydroxylation sites is 2. The van der Waals surface area contributed by atoms with Crippen LogP contribution in [-0.2, 0) is 13.0 Å². The van der Waals surface area contributed by atoms with Gasteiger partial charge in [0.15, 0.2) is 5.58 Å². The van der Waals surface area contributed by atoms with Crippen LogP contribution in [0.2, 0.25) is 5.02 Å². The van der Waals surface area contributed by atoms with Crippen LogP contribution in [0.25, 0.3) is 22.6 Å². The predicted molar refractivity (Wildman–Crippen MR) is 88.9 cm³/mol. The molecule has 0 fully saturated rings. The number of hydrogen-bond donors (Lipinski definition) is 0. The minimum absolute atomic E-state index is 0.361. The Morgan fingerprint density at radius 1 is 1.00 bits per heavy atom. The van der Waals surface area contributed by atoms with E-state index in [1.54, 1.807) is 16.7 Å². The average molecular weight is 342 g/mol. The van der Waals surface area contributed by atoms with Crippen LogP contribution < -0.4 is 5.76 Å². The number of aryl methyl sites for hydroxylation is 2. The molecule has 0 amide bonds. The smallest absolute Gasteiger partial charge is 0.419 e. The highest BCUT2D eigenvalue weighted by molar-refractivity contribution is 6.33. The summed E-state index contributed by atoms with van der Waals surface area (Å²) in [7, 11) is 0. The zero-order valence-corrected chi connectivity index (χ0v) is 13.2. The van der Waals surface area contributed by atoms with Crippen molar-refractivity contribution in [1.82, 2.24) is 14.8 Å². The fourth-order valence-corrected chi connectivity index (χ4v) is 2.75. The van der Waals surface area contributed by atoms with Gasteiger partial charge in [0.25, 0.3) is 0 Å². The second-order valence-electron chi connectivity index (χ2n) is 5.22. The minimum atomic E-state index is -0.401. The van der Waals surface area contributed by atoms with Gasteiger partial charge >= 0.3 is 5.76 Å². The van der Waals surface area contributed by atoms with E-state index in [0.29, 0.717) is 40.9 Å². The number of aromatic nitrogens is 3. The third-order valence-corrected chi connectivity index (χ3v) is 4.02. The van der Waals surface area contributed by atoms with Crippen molar-refractivity contribution >= 4 is 22.7 Å². The van der Waals surface area contributed by atoms with Crippen LogP contribution >= 0.6 is 11.6 Å². The molecule has 0 aliphatic carbocycles. The van der Waals surface area contributed by atoms with E-state index in [9.17, 15) is 4.79 Å². The van der Waals surface area contributed by atoms with E-state index in [-0.39, 0.29) is 0 Å². The third-order valence-electron chi connectivity index (χ3n) is 3.69. The lowest BCUT2D eigenvalue weighted by Gasteiger charge is -1.99. The molecule has 0 saturated heterocycles. The first kappa shape index (κ1) is 14.7. The number of nitrogens with zero attached hydrogens (tertiary/aromatic N) is 3. The summed E-state index contributed by atoms with van der Waals surface area (Å²) >= 11 is 6.13. The molecule has 0 atom stereocenters. The molecule has 4 rings (SSSR count). The van der Waals surface area contributed by atoms with Crippen molar-refractivity contribution in [2.75, 3.05) is 0 Å². The molecule has 0 saturated carbocycles. The van der Waals surface area contributed by atoms with Gasteiger partial charge < -0.3 is 8.83 Å². The number of halogens is 1. The largest absolute Gasteiger partial charge is 0.421 e. The summed E-state index contributed by atoms with van der Waals surface area (Å²) in [6.45, 7) is 0.389. The number of hydrogen-bond acceptors (Lipinski definition) is 5. The number of benzene rings is 2. The van der Waals surface area contributed by atoms with Crippen LogP contribution in [0.3, 0.4) is 0 Å². The van der Waals surface area contributed by atoms with Crippen molar-refractivity contribution < 1.29 is 8.83 Å². The first-order valence-electron chi connectivity index (χ1n) is 7.38. The Morgan fingerprint density at radius 2 is 1.79 bits per heavy atom. The molecule has 0 radical (unpaired) electrons. The Hall–Kier alpha value is -2.86. The molecule has 2 aromatic carbocycles. The molecule has 0 unspecified atom stereocenters. The molecule has 2 heterocycles. The maximum atomic E-state index is 11.9. The van der Waals surface area contributed by atoms with Crippen LogP contribution in [-0.4, -0.2) is 14.8 Å². The van der Waals surface area contributed by atoms with Crippen molar-refractivity contribution in [1.29, 1.82) is 0 Å². The summed E-state index contributed by atoms with van der Waals surface area (Å²) in [4.78, 5) is 11.9. The fourth-order valence-electron chi connectivity index (χ4n) is 2.53. The fraction of sp³-hybridized carbons (Fsp3) is 0.118. The topological polar surface area (TPSA) is 74.1 Å². The molecule has 0 N–H and O–H groups in total. The van der Waals surface area contributed by atoms with Gasteiger partial charge in [-0.3, -0.25) is 4.57 Å². The van der Waals surface area contributed by atoms with Crippen LogP contribution in [0.1, 0.15) is 5.89 Å². The first-order chi connectivity index (χ1) is 11.7. The van der Waals surface area contributed by atoms with Crippen LogP contribution in [0, 0.1) is 0 Å². The van der Waals surface area contributed by atoms with Gasteiger partial charge in [0.1, 0.15) is 0 Å². The van der Waals surface area contributed by atoms with Crippen molar-refractivity contribution in [3.05, 3.63) is 70.0 Å². The Balaban J connectivity index is 1.58. The molecule has 2 aromatic heterocycles. The molecular formula is C17H12ClN3O3. The monoisotopic (exact) mass is 341 g/mol. The third kappa shape index (κ3) is 2.61. The maximum Gasteiger partial charge on any atom is 0.419 e. The van der Waals surface area contributed by atoms with Gasteiger partial charge in [0.05, 0.1) is 16.1 Å². The van der Waals surface area contributed by atoms with Gasteiger partial charge in [-0.1, -0.05) is 35.9 Å². The van der Waals surface area contributed by atoms with Crippen molar-refractivity contribution in [2.45, 2.75) is 13.0 Å². The van der Waals surface area contributed by atoms with Gasteiger partial charge in [-0.2, -0.15) is 0 Å². The summed E-state index contributed by atoms with van der Waals surface area (Å²) in [6, 6.07) is 14.5. The standard InChI is InChI=1S/C17H12ClN3O3/c18-12-6-2-1-5-11(12)16-20-19-15(24-16)9-10-21-13-7-3-4-8-14(13)23-17(21)22/h1-8H,9-10H2. The quantitative estimate of drug-likeness (QED) is 0.567. The van der Waals surface area contributed by atoms with E-state index in [2.05, 4.69) is 10.2 Å². The van der Waals surface area contributed by atoms with Gasteiger partial charge in [-0.25, -0.2) is 4.79 Å². The van der Waals surface area contributed by atoms with Gasteiger partial charge in [-0.15, -0.1) is 10.2 Å². The Bertz CT molecular complexity index is 1060. The summed E-state index contributed by atoms with van der Waals surface area (Å²) in [5.41, 5.74) is 1.99. The number of fused-ring (bicyclic) bond motifs is 1. The first-order valence-corrected chi connectivity index (χ1v) is 7.76. The second kappa shape index (κ2) is 5.98. The lowest BCUT2D eigenvalue weighted by Crippen LogP contribution is -2.15. The average Bonchev–Trinajstić information content (AvgIpc) is 3.17. The Kier molecular flexibility index (Phi) is 3.66. The molecule has 120 valence electrons. The highest BCUT2D eigenvalue weighted by Gasteiger charge is 2.13. The summed E-state index contributed by atoms with van der Waals surface area (Å²) < 4.78 is 12.4. The molecule has 0 aliphatic rings. The van der Waals surface area contributed by atoms with Gasteiger partial charge in [0, 0.05) is 13.0 Å². The molecule has 0 aliphatic heterocycles. The zero-order valence-electron chi connectivity index (χ0n) is 12.5. The lowest BCUT2D eigenvalue weighted by molar-refractivity contribution is 0.464. The molecule has 0 spiro atoms. The van der Waals surface area contributed by atoms with Gasteiger partial charge in [0.2, 0.25) is 11.8 Å². The highest BCUT2D eigenvalue weighted by atomic mass is 35.5. The summed E-state index contributed by atoms with van der Waals surface area (Å²) in [5, 5.41) is 8.59.